The average molecular weight is 280 g/mol. The molecular weight excluding hydrogens is 260 g/mol. The minimum absolute atomic E-state index is 0.558. The van der Waals surface area contributed by atoms with Gasteiger partial charge in [-0.05, 0) is 18.6 Å². The third-order valence-electron chi connectivity index (χ3n) is 2.91. The van der Waals surface area contributed by atoms with Crippen molar-refractivity contribution in [3.8, 4) is 0 Å². The number of carboxylic acid groups (broad SMARTS) is 2. The Kier molecular flexibility index (Phi) is 6.52. The van der Waals surface area contributed by atoms with Crippen molar-refractivity contribution < 1.29 is 19.8 Å². The van der Waals surface area contributed by atoms with Crippen molar-refractivity contribution in [2.45, 2.75) is 32.4 Å². The Labute approximate surface area is 117 Å². The van der Waals surface area contributed by atoms with E-state index in [0.717, 1.165) is 13.1 Å². The number of aliphatic carboxylic acids is 2. The maximum atomic E-state index is 9.55. The fourth-order valence-electron chi connectivity index (χ4n) is 2.09. The van der Waals surface area contributed by atoms with E-state index in [0.29, 0.717) is 18.2 Å². The first-order valence-electron chi connectivity index (χ1n) is 6.57. The molecule has 0 amide bonds. The van der Waals surface area contributed by atoms with Crippen molar-refractivity contribution in [1.82, 2.24) is 9.88 Å². The molecule has 1 aliphatic rings. The van der Waals surface area contributed by atoms with Crippen LogP contribution in [0.15, 0.2) is 30.5 Å². The molecule has 1 unspecified atom stereocenters. The maximum absolute atomic E-state index is 9.55. The van der Waals surface area contributed by atoms with E-state index in [4.69, 9.17) is 10.2 Å². The van der Waals surface area contributed by atoms with Gasteiger partial charge in [-0.1, -0.05) is 13.3 Å². The maximum Gasteiger partial charge on any atom is 0.328 e. The molecule has 1 atom stereocenters. The van der Waals surface area contributed by atoms with Crippen molar-refractivity contribution in [2.75, 3.05) is 6.54 Å². The highest BCUT2D eigenvalue weighted by molar-refractivity contribution is 5.89. The van der Waals surface area contributed by atoms with Crippen LogP contribution in [-0.2, 0) is 16.1 Å². The molecule has 0 aromatic carbocycles. The van der Waals surface area contributed by atoms with E-state index in [2.05, 4.69) is 35.1 Å². The zero-order valence-corrected chi connectivity index (χ0v) is 11.5. The lowest BCUT2D eigenvalue weighted by Gasteiger charge is -2.25. The summed E-state index contributed by atoms with van der Waals surface area (Å²) in [5.74, 6) is -2.51. The highest BCUT2D eigenvalue weighted by Gasteiger charge is 2.17. The number of rotatable bonds is 4. The summed E-state index contributed by atoms with van der Waals surface area (Å²) < 4.78 is 2.36. The van der Waals surface area contributed by atoms with Gasteiger partial charge in [-0.3, -0.25) is 0 Å². The predicted octanol–water partition coefficient (Wildman–Crippen LogP) is 1.64. The van der Waals surface area contributed by atoms with E-state index < -0.39 is 11.9 Å². The smallest absolute Gasteiger partial charge is 0.328 e. The molecule has 0 saturated heterocycles. The van der Waals surface area contributed by atoms with Crippen LogP contribution in [0.1, 0.15) is 31.5 Å². The number of fused-ring (bicyclic) bond motifs is 1. The van der Waals surface area contributed by atoms with Gasteiger partial charge >= 0.3 is 11.9 Å². The van der Waals surface area contributed by atoms with Gasteiger partial charge in [0.2, 0.25) is 0 Å². The predicted molar refractivity (Wildman–Crippen MR) is 74.5 cm³/mol. The molecule has 1 aromatic rings. The summed E-state index contributed by atoms with van der Waals surface area (Å²) in [6.45, 7) is 4.48. The summed E-state index contributed by atoms with van der Waals surface area (Å²) in [5, 5.41) is 19.2. The van der Waals surface area contributed by atoms with Gasteiger partial charge in [-0.25, -0.2) is 9.59 Å². The van der Waals surface area contributed by atoms with Gasteiger partial charge in [0.15, 0.2) is 0 Å². The Balaban J connectivity index is 0.000000221. The lowest BCUT2D eigenvalue weighted by Crippen LogP contribution is -2.32. The summed E-state index contributed by atoms with van der Waals surface area (Å²) in [5.41, 5.74) is 1.46. The van der Waals surface area contributed by atoms with Crippen LogP contribution in [0.25, 0.3) is 0 Å². The van der Waals surface area contributed by atoms with Crippen LogP contribution in [-0.4, -0.2) is 33.3 Å². The summed E-state index contributed by atoms with van der Waals surface area (Å²) >= 11 is 0. The van der Waals surface area contributed by atoms with Crippen molar-refractivity contribution in [3.05, 3.63) is 36.2 Å². The van der Waals surface area contributed by atoms with Gasteiger partial charge in [0, 0.05) is 43.2 Å². The largest absolute Gasteiger partial charge is 0.478 e. The van der Waals surface area contributed by atoms with E-state index in [9.17, 15) is 9.59 Å². The second kappa shape index (κ2) is 8.16. The van der Waals surface area contributed by atoms with Crippen LogP contribution in [0.3, 0.4) is 0 Å². The molecule has 0 saturated carbocycles. The minimum Gasteiger partial charge on any atom is -0.478 e. The van der Waals surface area contributed by atoms with Gasteiger partial charge in [0.05, 0.1) is 0 Å². The first-order valence-corrected chi connectivity index (χ1v) is 6.57. The van der Waals surface area contributed by atoms with Crippen LogP contribution in [0.2, 0.25) is 0 Å². The molecule has 1 aliphatic heterocycles. The van der Waals surface area contributed by atoms with E-state index in [1.54, 1.807) is 0 Å². The third kappa shape index (κ3) is 5.27. The highest BCUT2D eigenvalue weighted by atomic mass is 16.4. The summed E-state index contributed by atoms with van der Waals surface area (Å²) in [4.78, 5) is 19.1. The molecule has 3 N–H and O–H groups in total. The lowest BCUT2D eigenvalue weighted by molar-refractivity contribution is -0.134. The molecule has 0 fully saturated rings. The van der Waals surface area contributed by atoms with E-state index >= 15 is 0 Å². The summed E-state index contributed by atoms with van der Waals surface area (Å²) in [7, 11) is 0. The van der Waals surface area contributed by atoms with E-state index in [1.807, 2.05) is 0 Å². The van der Waals surface area contributed by atoms with Gasteiger partial charge in [-0.2, -0.15) is 0 Å². The highest BCUT2D eigenvalue weighted by Crippen LogP contribution is 2.21. The Bertz CT molecular complexity index is 463. The third-order valence-corrected chi connectivity index (χ3v) is 2.91. The molecule has 2 heterocycles. The zero-order chi connectivity index (χ0) is 15.0. The van der Waals surface area contributed by atoms with Crippen molar-refractivity contribution in [1.29, 1.82) is 0 Å². The van der Waals surface area contributed by atoms with Gasteiger partial charge in [0.1, 0.15) is 0 Å². The molecule has 2 rings (SSSR count). The zero-order valence-electron chi connectivity index (χ0n) is 11.5. The minimum atomic E-state index is -1.26. The second-order valence-corrected chi connectivity index (χ2v) is 4.43. The SMILES string of the molecule is CCCC1NCCn2cccc21.O=C(O)/C=C/C(=O)O. The van der Waals surface area contributed by atoms with Crippen LogP contribution in [0.4, 0.5) is 0 Å². The molecule has 20 heavy (non-hydrogen) atoms. The average Bonchev–Trinajstić information content (AvgIpc) is 2.87. The van der Waals surface area contributed by atoms with Gasteiger partial charge in [-0.15, -0.1) is 0 Å². The van der Waals surface area contributed by atoms with Crippen molar-refractivity contribution in [3.63, 3.8) is 0 Å². The number of nitrogens with one attached hydrogen (secondary N) is 1. The van der Waals surface area contributed by atoms with Crippen LogP contribution in [0.5, 0.6) is 0 Å². The van der Waals surface area contributed by atoms with E-state index in [-0.39, 0.29) is 0 Å². The number of aromatic nitrogens is 1. The molecule has 110 valence electrons. The fraction of sp³-hybridized carbons (Fsp3) is 0.429. The fourth-order valence-corrected chi connectivity index (χ4v) is 2.09. The Morgan fingerprint density at radius 1 is 1.40 bits per heavy atom. The molecule has 6 nitrogen and oxygen atoms in total. The number of hydrogen-bond donors (Lipinski definition) is 3. The topological polar surface area (TPSA) is 91.6 Å². The molecule has 0 radical (unpaired) electrons. The molecule has 6 heteroatoms. The standard InChI is InChI=1S/C10H16N2.C4H4O4/c1-2-4-9-10-5-3-7-12(10)8-6-11-9;5-3(6)1-2-4(7)8/h3,5,7,9,11H,2,4,6,8H2,1H3;1-2H,(H,5,6)(H,7,8)/b;2-1+. The molecule has 1 aromatic heterocycles. The molecule has 0 bridgehead atoms. The van der Waals surface area contributed by atoms with Crippen LogP contribution in [0, 0.1) is 0 Å². The van der Waals surface area contributed by atoms with Crippen LogP contribution < -0.4 is 5.32 Å². The van der Waals surface area contributed by atoms with Crippen LogP contribution >= 0.6 is 0 Å². The monoisotopic (exact) mass is 280 g/mol. The Morgan fingerprint density at radius 3 is 2.60 bits per heavy atom. The number of carboxylic acids is 2. The van der Waals surface area contributed by atoms with Gasteiger partial charge < -0.3 is 20.1 Å². The summed E-state index contributed by atoms with van der Waals surface area (Å²) in [6.07, 6.45) is 5.80. The first-order chi connectivity index (χ1) is 9.54. The number of nitrogens with zero attached hydrogens (tertiary/aromatic N) is 1. The molecule has 0 spiro atoms. The Morgan fingerprint density at radius 2 is 2.05 bits per heavy atom. The molecular formula is C14H20N2O4. The number of hydrogen-bond acceptors (Lipinski definition) is 3. The van der Waals surface area contributed by atoms with Crippen molar-refractivity contribution >= 4 is 11.9 Å². The number of carbonyl (C=O) groups is 2. The normalized spacial score (nSPS) is 17.1. The quantitative estimate of drug-likeness (QED) is 0.729. The Hall–Kier alpha value is -2.08. The van der Waals surface area contributed by atoms with Crippen molar-refractivity contribution in [2.24, 2.45) is 0 Å². The summed E-state index contributed by atoms with van der Waals surface area (Å²) in [6, 6.07) is 4.97. The molecule has 0 aliphatic carbocycles. The second-order valence-electron chi connectivity index (χ2n) is 4.43. The lowest BCUT2D eigenvalue weighted by atomic mass is 10.1. The first kappa shape index (κ1) is 16.0. The van der Waals surface area contributed by atoms with Gasteiger partial charge in [0.25, 0.3) is 0 Å². The van der Waals surface area contributed by atoms with E-state index in [1.165, 1.54) is 18.5 Å².